The Morgan fingerprint density at radius 1 is 1.14 bits per heavy atom. The van der Waals surface area contributed by atoms with Crippen molar-refractivity contribution in [3.8, 4) is 5.75 Å². The Bertz CT molecular complexity index is 1070. The fraction of sp³-hybridized carbons (Fsp3) is 0.318. The number of benzene rings is 1. The Balaban J connectivity index is 1.64. The molecule has 0 aliphatic heterocycles. The van der Waals surface area contributed by atoms with Crippen LogP contribution in [0, 0.1) is 13.8 Å². The summed E-state index contributed by atoms with van der Waals surface area (Å²) in [6.45, 7) is 7.73. The SMILES string of the molecule is Cc1ccc(C(C)C)cc1OCC(=O)OCc1cc(=O)n2cccc(C)c2n1. The van der Waals surface area contributed by atoms with Gasteiger partial charge in [-0.25, -0.2) is 9.78 Å². The summed E-state index contributed by atoms with van der Waals surface area (Å²) in [6.07, 6.45) is 1.66. The number of aromatic nitrogens is 2. The molecule has 0 fully saturated rings. The zero-order valence-corrected chi connectivity index (χ0v) is 16.6. The second kappa shape index (κ2) is 8.25. The maximum absolute atomic E-state index is 12.2. The Labute approximate surface area is 163 Å². The average Bonchev–Trinajstić information content (AvgIpc) is 2.66. The zero-order chi connectivity index (χ0) is 20.3. The standard InChI is InChI=1S/C22H24N2O4/c1-14(2)17-8-7-15(3)19(10-17)27-13-21(26)28-12-18-11-20(25)24-9-5-6-16(4)22(24)23-18/h5-11,14H,12-13H2,1-4H3. The third-order valence-corrected chi connectivity index (χ3v) is 4.54. The summed E-state index contributed by atoms with van der Waals surface area (Å²) in [5.74, 6) is 0.526. The fourth-order valence-electron chi connectivity index (χ4n) is 2.85. The minimum absolute atomic E-state index is 0.0761. The number of pyridine rings is 1. The molecule has 28 heavy (non-hydrogen) atoms. The number of hydrogen-bond acceptors (Lipinski definition) is 5. The van der Waals surface area contributed by atoms with E-state index in [2.05, 4.69) is 24.9 Å². The van der Waals surface area contributed by atoms with Crippen LogP contribution in [-0.2, 0) is 16.1 Å². The Morgan fingerprint density at radius 2 is 1.93 bits per heavy atom. The van der Waals surface area contributed by atoms with Crippen LogP contribution >= 0.6 is 0 Å². The van der Waals surface area contributed by atoms with E-state index >= 15 is 0 Å². The lowest BCUT2D eigenvalue weighted by atomic mass is 10.0. The van der Waals surface area contributed by atoms with Crippen molar-refractivity contribution < 1.29 is 14.3 Å². The molecule has 0 amide bonds. The van der Waals surface area contributed by atoms with Gasteiger partial charge in [-0.3, -0.25) is 9.20 Å². The summed E-state index contributed by atoms with van der Waals surface area (Å²) >= 11 is 0. The molecule has 0 spiro atoms. The number of aryl methyl sites for hydroxylation is 2. The molecule has 3 rings (SSSR count). The van der Waals surface area contributed by atoms with E-state index in [1.807, 2.05) is 32.0 Å². The summed E-state index contributed by atoms with van der Waals surface area (Å²) in [5.41, 5.74) is 3.72. The normalized spacial score (nSPS) is 11.0. The molecule has 6 heteroatoms. The number of ether oxygens (including phenoxy) is 2. The lowest BCUT2D eigenvalue weighted by Gasteiger charge is -2.12. The monoisotopic (exact) mass is 380 g/mol. The van der Waals surface area contributed by atoms with Crippen LogP contribution < -0.4 is 10.3 Å². The molecule has 0 saturated carbocycles. The number of esters is 1. The highest BCUT2D eigenvalue weighted by Gasteiger charge is 2.10. The quantitative estimate of drug-likeness (QED) is 0.612. The van der Waals surface area contributed by atoms with Crippen molar-refractivity contribution in [2.75, 3.05) is 6.61 Å². The van der Waals surface area contributed by atoms with Gasteiger partial charge in [-0.05, 0) is 48.6 Å². The number of fused-ring (bicyclic) bond motifs is 1. The van der Waals surface area contributed by atoms with Gasteiger partial charge >= 0.3 is 5.97 Å². The molecule has 2 aromatic heterocycles. The topological polar surface area (TPSA) is 69.9 Å². The molecule has 146 valence electrons. The summed E-state index contributed by atoms with van der Waals surface area (Å²) in [7, 11) is 0. The molecular formula is C22H24N2O4. The van der Waals surface area contributed by atoms with Gasteiger partial charge in [0.1, 0.15) is 18.0 Å². The molecule has 0 aliphatic carbocycles. The van der Waals surface area contributed by atoms with Crippen LogP contribution in [0.4, 0.5) is 0 Å². The van der Waals surface area contributed by atoms with Crippen molar-refractivity contribution in [1.82, 2.24) is 9.38 Å². The van der Waals surface area contributed by atoms with E-state index in [0.717, 1.165) is 16.7 Å². The van der Waals surface area contributed by atoms with Crippen LogP contribution in [0.5, 0.6) is 5.75 Å². The van der Waals surface area contributed by atoms with E-state index in [4.69, 9.17) is 9.47 Å². The number of carbonyl (C=O) groups excluding carboxylic acids is 1. The van der Waals surface area contributed by atoms with E-state index in [1.54, 1.807) is 12.3 Å². The maximum atomic E-state index is 12.2. The van der Waals surface area contributed by atoms with Gasteiger partial charge in [-0.2, -0.15) is 0 Å². The fourth-order valence-corrected chi connectivity index (χ4v) is 2.85. The molecular weight excluding hydrogens is 356 g/mol. The molecule has 0 bridgehead atoms. The number of hydrogen-bond donors (Lipinski definition) is 0. The van der Waals surface area contributed by atoms with Crippen molar-refractivity contribution in [2.45, 2.75) is 40.2 Å². The third kappa shape index (κ3) is 4.39. The Morgan fingerprint density at radius 3 is 2.68 bits per heavy atom. The molecule has 3 aromatic rings. The first kappa shape index (κ1) is 19.6. The van der Waals surface area contributed by atoms with Crippen molar-refractivity contribution in [1.29, 1.82) is 0 Å². The van der Waals surface area contributed by atoms with Crippen molar-refractivity contribution in [2.24, 2.45) is 0 Å². The van der Waals surface area contributed by atoms with E-state index in [9.17, 15) is 9.59 Å². The van der Waals surface area contributed by atoms with Crippen LogP contribution in [0.25, 0.3) is 5.65 Å². The van der Waals surface area contributed by atoms with Gasteiger partial charge in [0.2, 0.25) is 0 Å². The Kier molecular flexibility index (Phi) is 5.78. The summed E-state index contributed by atoms with van der Waals surface area (Å²) in [4.78, 5) is 28.7. The van der Waals surface area contributed by atoms with Gasteiger partial charge in [0.25, 0.3) is 5.56 Å². The molecule has 6 nitrogen and oxygen atoms in total. The molecule has 0 saturated heterocycles. The molecule has 0 aliphatic rings. The molecule has 0 unspecified atom stereocenters. The molecule has 0 N–H and O–H groups in total. The van der Waals surface area contributed by atoms with Crippen molar-refractivity contribution in [3.05, 3.63) is 75.3 Å². The molecule has 0 atom stereocenters. The highest BCUT2D eigenvalue weighted by molar-refractivity contribution is 5.71. The summed E-state index contributed by atoms with van der Waals surface area (Å²) in [6, 6.07) is 11.0. The average molecular weight is 380 g/mol. The Hall–Kier alpha value is -3.15. The van der Waals surface area contributed by atoms with Crippen LogP contribution in [-0.4, -0.2) is 22.0 Å². The van der Waals surface area contributed by atoms with Crippen molar-refractivity contribution in [3.63, 3.8) is 0 Å². The first-order chi connectivity index (χ1) is 13.3. The number of carbonyl (C=O) groups is 1. The van der Waals surface area contributed by atoms with Gasteiger partial charge in [0.15, 0.2) is 6.61 Å². The van der Waals surface area contributed by atoms with E-state index in [0.29, 0.717) is 23.0 Å². The molecule has 1 aromatic carbocycles. The van der Waals surface area contributed by atoms with E-state index < -0.39 is 5.97 Å². The zero-order valence-electron chi connectivity index (χ0n) is 16.6. The molecule has 2 heterocycles. The lowest BCUT2D eigenvalue weighted by Crippen LogP contribution is -2.19. The number of nitrogens with zero attached hydrogens (tertiary/aromatic N) is 2. The maximum Gasteiger partial charge on any atom is 0.344 e. The van der Waals surface area contributed by atoms with Gasteiger partial charge in [-0.1, -0.05) is 32.0 Å². The largest absolute Gasteiger partial charge is 0.482 e. The van der Waals surface area contributed by atoms with E-state index in [1.165, 1.54) is 10.5 Å². The van der Waals surface area contributed by atoms with Gasteiger partial charge in [-0.15, -0.1) is 0 Å². The predicted octanol–water partition coefficient (Wildman–Crippen LogP) is 3.56. The second-order valence-corrected chi connectivity index (χ2v) is 7.10. The first-order valence-corrected chi connectivity index (χ1v) is 9.22. The van der Waals surface area contributed by atoms with Gasteiger partial charge < -0.3 is 9.47 Å². The smallest absolute Gasteiger partial charge is 0.344 e. The van der Waals surface area contributed by atoms with Crippen LogP contribution in [0.2, 0.25) is 0 Å². The van der Waals surface area contributed by atoms with Gasteiger partial charge in [0.05, 0.1) is 5.69 Å². The third-order valence-electron chi connectivity index (χ3n) is 4.54. The molecule has 0 radical (unpaired) electrons. The number of rotatable bonds is 6. The highest BCUT2D eigenvalue weighted by atomic mass is 16.6. The van der Waals surface area contributed by atoms with Gasteiger partial charge in [0, 0.05) is 12.3 Å². The first-order valence-electron chi connectivity index (χ1n) is 9.22. The lowest BCUT2D eigenvalue weighted by molar-refractivity contribution is -0.147. The second-order valence-electron chi connectivity index (χ2n) is 7.10. The van der Waals surface area contributed by atoms with Crippen molar-refractivity contribution >= 4 is 11.6 Å². The minimum atomic E-state index is -0.513. The summed E-state index contributed by atoms with van der Waals surface area (Å²) in [5, 5.41) is 0. The van der Waals surface area contributed by atoms with Crippen LogP contribution in [0.1, 0.15) is 42.1 Å². The minimum Gasteiger partial charge on any atom is -0.482 e. The van der Waals surface area contributed by atoms with Crippen LogP contribution in [0.15, 0.2) is 47.4 Å². The summed E-state index contributed by atoms with van der Waals surface area (Å²) < 4.78 is 12.3. The highest BCUT2D eigenvalue weighted by Crippen LogP contribution is 2.24. The van der Waals surface area contributed by atoms with Crippen LogP contribution in [0.3, 0.4) is 0 Å². The van der Waals surface area contributed by atoms with E-state index in [-0.39, 0.29) is 18.8 Å². The predicted molar refractivity (Wildman–Crippen MR) is 107 cm³/mol.